The molecule has 21 heavy (non-hydrogen) atoms. The molecule has 2 rings (SSSR count). The number of hydrogen-bond acceptors (Lipinski definition) is 0. The van der Waals surface area contributed by atoms with E-state index in [0.717, 1.165) is 5.92 Å². The van der Waals surface area contributed by atoms with Gasteiger partial charge < -0.3 is 0 Å². The molecule has 0 radical (unpaired) electrons. The van der Waals surface area contributed by atoms with Gasteiger partial charge in [-0.1, -0.05) is 83.0 Å². The lowest BCUT2D eigenvalue weighted by atomic mass is 9.73. The SMILES string of the molecule is CCCCC(C)(Cc1cccc2ccccc12)CC(C)C. The minimum Gasteiger partial charge on any atom is -0.0654 e. The van der Waals surface area contributed by atoms with Crippen molar-refractivity contribution in [2.45, 2.75) is 59.8 Å². The highest BCUT2D eigenvalue weighted by Crippen LogP contribution is 2.37. The molecule has 0 spiro atoms. The predicted octanol–water partition coefficient (Wildman–Crippen LogP) is 6.62. The highest BCUT2D eigenvalue weighted by molar-refractivity contribution is 5.85. The van der Waals surface area contributed by atoms with Crippen molar-refractivity contribution in [2.24, 2.45) is 11.3 Å². The Balaban J connectivity index is 2.29. The summed E-state index contributed by atoms with van der Waals surface area (Å²) in [7, 11) is 0. The second kappa shape index (κ2) is 7.11. The van der Waals surface area contributed by atoms with E-state index in [9.17, 15) is 0 Å². The highest BCUT2D eigenvalue weighted by Gasteiger charge is 2.25. The molecular formula is C21H30. The third-order valence-corrected chi connectivity index (χ3v) is 4.53. The van der Waals surface area contributed by atoms with Crippen LogP contribution in [0.5, 0.6) is 0 Å². The first-order chi connectivity index (χ1) is 10.0. The summed E-state index contributed by atoms with van der Waals surface area (Å²) in [5.41, 5.74) is 1.95. The third-order valence-electron chi connectivity index (χ3n) is 4.53. The molecular weight excluding hydrogens is 252 g/mol. The maximum atomic E-state index is 2.49. The Morgan fingerprint density at radius 2 is 1.71 bits per heavy atom. The maximum absolute atomic E-state index is 2.49. The second-order valence-corrected chi connectivity index (χ2v) is 7.33. The molecule has 0 heterocycles. The van der Waals surface area contributed by atoms with Crippen molar-refractivity contribution >= 4 is 10.8 Å². The van der Waals surface area contributed by atoms with Crippen molar-refractivity contribution in [1.29, 1.82) is 0 Å². The second-order valence-electron chi connectivity index (χ2n) is 7.33. The lowest BCUT2D eigenvalue weighted by molar-refractivity contribution is 0.228. The normalized spacial score (nSPS) is 14.5. The van der Waals surface area contributed by atoms with Gasteiger partial charge in [0.25, 0.3) is 0 Å². The van der Waals surface area contributed by atoms with E-state index >= 15 is 0 Å². The van der Waals surface area contributed by atoms with Crippen LogP contribution in [0.25, 0.3) is 10.8 Å². The van der Waals surface area contributed by atoms with Gasteiger partial charge in [0, 0.05) is 0 Å². The summed E-state index contributed by atoms with van der Waals surface area (Å²) in [6.45, 7) is 9.50. The van der Waals surface area contributed by atoms with Gasteiger partial charge in [0.1, 0.15) is 0 Å². The zero-order chi connectivity index (χ0) is 15.3. The first-order valence-electron chi connectivity index (χ1n) is 8.51. The Morgan fingerprint density at radius 1 is 1.00 bits per heavy atom. The first kappa shape index (κ1) is 16.1. The number of unbranched alkanes of at least 4 members (excludes halogenated alkanes) is 1. The molecule has 0 fully saturated rings. The topological polar surface area (TPSA) is 0 Å². The van der Waals surface area contributed by atoms with Gasteiger partial charge in [-0.25, -0.2) is 0 Å². The van der Waals surface area contributed by atoms with E-state index in [-0.39, 0.29) is 0 Å². The van der Waals surface area contributed by atoms with Crippen LogP contribution in [0.1, 0.15) is 58.9 Å². The summed E-state index contributed by atoms with van der Waals surface area (Å²) in [6, 6.07) is 15.6. The number of hydrogen-bond donors (Lipinski definition) is 0. The van der Waals surface area contributed by atoms with Gasteiger partial charge in [0.2, 0.25) is 0 Å². The summed E-state index contributed by atoms with van der Waals surface area (Å²) >= 11 is 0. The van der Waals surface area contributed by atoms with Gasteiger partial charge in [-0.15, -0.1) is 0 Å². The van der Waals surface area contributed by atoms with E-state index in [1.807, 2.05) is 0 Å². The molecule has 114 valence electrons. The minimum atomic E-state index is 0.425. The van der Waals surface area contributed by atoms with Crippen LogP contribution in [-0.4, -0.2) is 0 Å². The Bertz CT molecular complexity index is 562. The Morgan fingerprint density at radius 3 is 2.43 bits per heavy atom. The van der Waals surface area contributed by atoms with Gasteiger partial charge in [0.05, 0.1) is 0 Å². The quantitative estimate of drug-likeness (QED) is 0.535. The summed E-state index contributed by atoms with van der Waals surface area (Å²) in [5.74, 6) is 0.766. The fraction of sp³-hybridized carbons (Fsp3) is 0.524. The molecule has 0 saturated heterocycles. The fourth-order valence-corrected chi connectivity index (χ4v) is 3.76. The van der Waals surface area contributed by atoms with Crippen molar-refractivity contribution in [3.63, 3.8) is 0 Å². The van der Waals surface area contributed by atoms with Crippen molar-refractivity contribution in [1.82, 2.24) is 0 Å². The standard InChI is InChI=1S/C21H30/c1-5-6-14-21(4,15-17(2)3)16-19-12-9-11-18-10-7-8-13-20(18)19/h7-13,17H,5-6,14-16H2,1-4H3. The summed E-state index contributed by atoms with van der Waals surface area (Å²) in [4.78, 5) is 0. The summed E-state index contributed by atoms with van der Waals surface area (Å²) < 4.78 is 0. The van der Waals surface area contributed by atoms with Crippen molar-refractivity contribution < 1.29 is 0 Å². The lowest BCUT2D eigenvalue weighted by Gasteiger charge is -2.32. The van der Waals surface area contributed by atoms with Gasteiger partial charge in [-0.2, -0.15) is 0 Å². The third kappa shape index (κ3) is 4.33. The minimum absolute atomic E-state index is 0.425. The first-order valence-corrected chi connectivity index (χ1v) is 8.51. The van der Waals surface area contributed by atoms with E-state index in [4.69, 9.17) is 0 Å². The molecule has 0 bridgehead atoms. The van der Waals surface area contributed by atoms with E-state index in [1.165, 1.54) is 48.4 Å². The van der Waals surface area contributed by atoms with Crippen LogP contribution in [0.3, 0.4) is 0 Å². The Hall–Kier alpha value is -1.30. The molecule has 0 aliphatic heterocycles. The zero-order valence-corrected chi connectivity index (χ0v) is 14.2. The summed E-state index contributed by atoms with van der Waals surface area (Å²) in [5, 5.41) is 2.81. The van der Waals surface area contributed by atoms with E-state index in [1.54, 1.807) is 0 Å². The number of fused-ring (bicyclic) bond motifs is 1. The van der Waals surface area contributed by atoms with Gasteiger partial charge in [-0.3, -0.25) is 0 Å². The van der Waals surface area contributed by atoms with Crippen LogP contribution in [0.4, 0.5) is 0 Å². The summed E-state index contributed by atoms with van der Waals surface area (Å²) in [6.07, 6.45) is 6.49. The molecule has 0 N–H and O–H groups in total. The van der Waals surface area contributed by atoms with Crippen LogP contribution in [-0.2, 0) is 6.42 Å². The van der Waals surface area contributed by atoms with Crippen LogP contribution in [0, 0.1) is 11.3 Å². The fourth-order valence-electron chi connectivity index (χ4n) is 3.76. The number of rotatable bonds is 7. The molecule has 0 nitrogen and oxygen atoms in total. The molecule has 0 saturated carbocycles. The number of benzene rings is 2. The van der Waals surface area contributed by atoms with Crippen LogP contribution >= 0.6 is 0 Å². The van der Waals surface area contributed by atoms with Gasteiger partial charge in [-0.05, 0) is 46.9 Å². The maximum Gasteiger partial charge on any atom is -0.0152 e. The van der Waals surface area contributed by atoms with Crippen LogP contribution < -0.4 is 0 Å². The average Bonchev–Trinajstić information content (AvgIpc) is 2.45. The van der Waals surface area contributed by atoms with Crippen LogP contribution in [0.2, 0.25) is 0 Å². The molecule has 0 amide bonds. The molecule has 2 aromatic carbocycles. The zero-order valence-electron chi connectivity index (χ0n) is 14.2. The molecule has 1 unspecified atom stereocenters. The van der Waals surface area contributed by atoms with Crippen molar-refractivity contribution in [3.05, 3.63) is 48.0 Å². The molecule has 2 aromatic rings. The predicted molar refractivity (Wildman–Crippen MR) is 94.7 cm³/mol. The van der Waals surface area contributed by atoms with Gasteiger partial charge in [0.15, 0.2) is 0 Å². The van der Waals surface area contributed by atoms with Crippen molar-refractivity contribution in [2.75, 3.05) is 0 Å². The highest BCUT2D eigenvalue weighted by atomic mass is 14.3. The lowest BCUT2D eigenvalue weighted by Crippen LogP contribution is -2.22. The Labute approximate surface area is 130 Å². The smallest absolute Gasteiger partial charge is 0.0152 e. The van der Waals surface area contributed by atoms with Crippen LogP contribution in [0.15, 0.2) is 42.5 Å². The van der Waals surface area contributed by atoms with E-state index in [0.29, 0.717) is 5.41 Å². The van der Waals surface area contributed by atoms with Gasteiger partial charge >= 0.3 is 0 Å². The molecule has 1 atom stereocenters. The Kier molecular flexibility index (Phi) is 5.45. The molecule has 0 heteroatoms. The monoisotopic (exact) mass is 282 g/mol. The molecule has 0 aliphatic rings. The molecule has 0 aromatic heterocycles. The van der Waals surface area contributed by atoms with E-state index < -0.39 is 0 Å². The van der Waals surface area contributed by atoms with Crippen molar-refractivity contribution in [3.8, 4) is 0 Å². The average molecular weight is 282 g/mol. The van der Waals surface area contributed by atoms with E-state index in [2.05, 4.69) is 70.2 Å². The molecule has 0 aliphatic carbocycles. The largest absolute Gasteiger partial charge is 0.0654 e.